The monoisotopic (exact) mass is 368 g/mol. The molecule has 0 radical (unpaired) electrons. The third-order valence-electron chi connectivity index (χ3n) is 3.86. The summed E-state index contributed by atoms with van der Waals surface area (Å²) in [5, 5.41) is 5.28. The van der Waals surface area contributed by atoms with Crippen LogP contribution in [-0.4, -0.2) is 15.9 Å². The maximum absolute atomic E-state index is 13.7. The first-order valence-electron chi connectivity index (χ1n) is 8.33. The lowest BCUT2D eigenvalue weighted by Gasteiger charge is -2.10. The van der Waals surface area contributed by atoms with Gasteiger partial charge in [0.2, 0.25) is 5.95 Å². The number of hydrogen-bond acceptors (Lipinski definition) is 4. The molecule has 0 aliphatic heterocycles. The van der Waals surface area contributed by atoms with E-state index in [1.54, 1.807) is 6.92 Å². The number of nitrogens with one attached hydrogen (secondary N) is 2. The predicted octanol–water partition coefficient (Wildman–Crippen LogP) is 4.24. The van der Waals surface area contributed by atoms with Crippen molar-refractivity contribution in [1.82, 2.24) is 9.97 Å². The fraction of sp³-hybridized carbons (Fsp3) is 0.150. The van der Waals surface area contributed by atoms with Gasteiger partial charge in [-0.3, -0.25) is 4.79 Å². The number of rotatable bonds is 5. The van der Waals surface area contributed by atoms with Crippen molar-refractivity contribution >= 4 is 17.5 Å². The summed E-state index contributed by atoms with van der Waals surface area (Å²) in [4.78, 5) is 20.8. The topological polar surface area (TPSA) is 66.9 Å². The molecule has 0 aliphatic carbocycles. The maximum atomic E-state index is 13.7. The molecule has 0 saturated heterocycles. The van der Waals surface area contributed by atoms with E-state index in [9.17, 15) is 13.6 Å². The zero-order chi connectivity index (χ0) is 19.4. The molecule has 0 unspecified atom stereocenters. The van der Waals surface area contributed by atoms with Crippen molar-refractivity contribution in [1.29, 1.82) is 0 Å². The van der Waals surface area contributed by atoms with Crippen molar-refractivity contribution in [3.8, 4) is 0 Å². The molecule has 1 amide bonds. The largest absolute Gasteiger partial charge is 0.350 e. The Morgan fingerprint density at radius 3 is 2.33 bits per heavy atom. The van der Waals surface area contributed by atoms with Gasteiger partial charge in [0.05, 0.1) is 0 Å². The zero-order valence-corrected chi connectivity index (χ0v) is 14.9. The first-order valence-corrected chi connectivity index (χ1v) is 8.33. The van der Waals surface area contributed by atoms with E-state index in [0.29, 0.717) is 12.2 Å². The van der Waals surface area contributed by atoms with Crippen LogP contribution >= 0.6 is 0 Å². The molecule has 0 atom stereocenters. The zero-order valence-electron chi connectivity index (χ0n) is 14.9. The summed E-state index contributed by atoms with van der Waals surface area (Å²) in [5.74, 6) is -2.17. The lowest BCUT2D eigenvalue weighted by atomic mass is 10.1. The van der Waals surface area contributed by atoms with Gasteiger partial charge in [-0.15, -0.1) is 0 Å². The summed E-state index contributed by atoms with van der Waals surface area (Å²) in [5.41, 5.74) is 2.25. The minimum Gasteiger partial charge on any atom is -0.350 e. The number of halogens is 2. The number of anilines is 2. The Hall–Kier alpha value is -3.35. The van der Waals surface area contributed by atoms with Gasteiger partial charge in [-0.05, 0) is 37.6 Å². The van der Waals surface area contributed by atoms with Crippen LogP contribution in [0.4, 0.5) is 20.4 Å². The van der Waals surface area contributed by atoms with Crippen LogP contribution in [0.3, 0.4) is 0 Å². The highest BCUT2D eigenvalue weighted by atomic mass is 19.1. The number of nitrogens with zero attached hydrogens (tertiary/aromatic N) is 2. The second-order valence-corrected chi connectivity index (χ2v) is 6.11. The Morgan fingerprint density at radius 2 is 1.67 bits per heavy atom. The molecule has 27 heavy (non-hydrogen) atoms. The molecule has 138 valence electrons. The fourth-order valence-corrected chi connectivity index (χ4v) is 2.45. The summed E-state index contributed by atoms with van der Waals surface area (Å²) in [6.45, 7) is 4.19. The van der Waals surface area contributed by atoms with E-state index < -0.39 is 23.2 Å². The third-order valence-corrected chi connectivity index (χ3v) is 3.86. The smallest absolute Gasteiger partial charge is 0.274 e. The van der Waals surface area contributed by atoms with Crippen LogP contribution in [-0.2, 0) is 6.54 Å². The summed E-state index contributed by atoms with van der Waals surface area (Å²) in [6.07, 6.45) is 0. The molecule has 1 heterocycles. The van der Waals surface area contributed by atoms with Gasteiger partial charge in [0.15, 0.2) is 0 Å². The minimum absolute atomic E-state index is 0.0107. The summed E-state index contributed by atoms with van der Waals surface area (Å²) >= 11 is 0. The molecule has 3 aromatic rings. The molecule has 7 heteroatoms. The molecular weight excluding hydrogens is 350 g/mol. The molecule has 1 aromatic heterocycles. The SMILES string of the molecule is Cc1ccc(CNc2nc(C)cc(C(=O)Nc3c(F)cccc3F)n2)cc1. The number of amides is 1. The molecule has 0 bridgehead atoms. The molecular formula is C20H18F2N4O. The highest BCUT2D eigenvalue weighted by Crippen LogP contribution is 2.19. The molecule has 0 aliphatic rings. The second-order valence-electron chi connectivity index (χ2n) is 6.11. The Kier molecular flexibility index (Phi) is 5.40. The van der Waals surface area contributed by atoms with Crippen molar-refractivity contribution < 1.29 is 13.6 Å². The van der Waals surface area contributed by atoms with Crippen LogP contribution < -0.4 is 10.6 Å². The van der Waals surface area contributed by atoms with Crippen molar-refractivity contribution in [2.45, 2.75) is 20.4 Å². The summed E-state index contributed by atoms with van der Waals surface area (Å²) in [7, 11) is 0. The van der Waals surface area contributed by atoms with Crippen molar-refractivity contribution in [3.63, 3.8) is 0 Å². The van der Waals surface area contributed by atoms with Gasteiger partial charge in [0, 0.05) is 12.2 Å². The Labute approximate surface area is 155 Å². The Balaban J connectivity index is 1.76. The van der Waals surface area contributed by atoms with Crippen LogP contribution in [0.1, 0.15) is 27.3 Å². The van der Waals surface area contributed by atoms with E-state index in [2.05, 4.69) is 20.6 Å². The number of hydrogen-bond donors (Lipinski definition) is 2. The maximum Gasteiger partial charge on any atom is 0.274 e. The summed E-state index contributed by atoms with van der Waals surface area (Å²) < 4.78 is 27.4. The number of aromatic nitrogens is 2. The van der Waals surface area contributed by atoms with Crippen LogP contribution in [0.25, 0.3) is 0 Å². The highest BCUT2D eigenvalue weighted by Gasteiger charge is 2.16. The van der Waals surface area contributed by atoms with Crippen molar-refractivity contribution in [3.05, 3.63) is 82.7 Å². The lowest BCUT2D eigenvalue weighted by Crippen LogP contribution is -2.17. The van der Waals surface area contributed by atoms with E-state index in [4.69, 9.17) is 0 Å². The fourth-order valence-electron chi connectivity index (χ4n) is 2.45. The van der Waals surface area contributed by atoms with Crippen LogP contribution in [0, 0.1) is 25.5 Å². The van der Waals surface area contributed by atoms with E-state index >= 15 is 0 Å². The average Bonchev–Trinajstić information content (AvgIpc) is 2.64. The van der Waals surface area contributed by atoms with Gasteiger partial charge < -0.3 is 10.6 Å². The van der Waals surface area contributed by atoms with E-state index in [0.717, 1.165) is 23.3 Å². The number of carbonyl (C=O) groups is 1. The molecule has 0 spiro atoms. The van der Waals surface area contributed by atoms with Crippen LogP contribution in [0.15, 0.2) is 48.5 Å². The van der Waals surface area contributed by atoms with Gasteiger partial charge in [0.25, 0.3) is 5.91 Å². The first-order chi connectivity index (χ1) is 12.9. The van der Waals surface area contributed by atoms with Crippen LogP contribution in [0.5, 0.6) is 0 Å². The average molecular weight is 368 g/mol. The van der Waals surface area contributed by atoms with Crippen LogP contribution in [0.2, 0.25) is 0 Å². The molecule has 3 rings (SSSR count). The van der Waals surface area contributed by atoms with Gasteiger partial charge in [-0.25, -0.2) is 18.7 Å². The summed E-state index contributed by atoms with van der Waals surface area (Å²) in [6, 6.07) is 12.8. The van der Waals surface area contributed by atoms with E-state index in [1.165, 1.54) is 12.1 Å². The predicted molar refractivity (Wildman–Crippen MR) is 99.6 cm³/mol. The van der Waals surface area contributed by atoms with Gasteiger partial charge >= 0.3 is 0 Å². The Bertz CT molecular complexity index is 954. The third kappa shape index (κ3) is 4.63. The number of carbonyl (C=O) groups excluding carboxylic acids is 1. The van der Waals surface area contributed by atoms with E-state index in [1.807, 2.05) is 31.2 Å². The number of aryl methyl sites for hydroxylation is 2. The highest BCUT2D eigenvalue weighted by molar-refractivity contribution is 6.03. The lowest BCUT2D eigenvalue weighted by molar-refractivity contribution is 0.102. The van der Waals surface area contributed by atoms with Gasteiger partial charge in [-0.1, -0.05) is 35.9 Å². The molecule has 0 fully saturated rings. The molecule has 0 saturated carbocycles. The van der Waals surface area contributed by atoms with Gasteiger partial charge in [0.1, 0.15) is 23.0 Å². The number of benzene rings is 2. The normalized spacial score (nSPS) is 10.5. The van der Waals surface area contributed by atoms with Gasteiger partial charge in [-0.2, -0.15) is 0 Å². The Morgan fingerprint density at radius 1 is 1.00 bits per heavy atom. The number of para-hydroxylation sites is 1. The van der Waals surface area contributed by atoms with Crippen molar-refractivity contribution in [2.24, 2.45) is 0 Å². The molecule has 2 N–H and O–H groups in total. The second kappa shape index (κ2) is 7.90. The first kappa shape index (κ1) is 18.4. The standard InChI is InChI=1S/C20H18F2N4O/c1-12-6-8-14(9-7-12)11-23-20-24-13(2)10-17(25-20)19(27)26-18-15(21)4-3-5-16(18)22/h3-10H,11H2,1-2H3,(H,26,27)(H,23,24,25). The molecule has 5 nitrogen and oxygen atoms in total. The quantitative estimate of drug-likeness (QED) is 0.707. The van der Waals surface area contributed by atoms with E-state index in [-0.39, 0.29) is 11.6 Å². The molecule has 2 aromatic carbocycles. The minimum atomic E-state index is -0.855. The van der Waals surface area contributed by atoms with Crippen molar-refractivity contribution in [2.75, 3.05) is 10.6 Å².